The Bertz CT molecular complexity index is 617. The minimum Gasteiger partial charge on any atom is -0.481 e. The van der Waals surface area contributed by atoms with E-state index in [2.05, 4.69) is 0 Å². The van der Waals surface area contributed by atoms with Gasteiger partial charge in [-0.25, -0.2) is 17.2 Å². The fraction of sp³-hybridized carbons (Fsp3) is 0.462. The van der Waals surface area contributed by atoms with Gasteiger partial charge in [-0.2, -0.15) is 4.31 Å². The molecule has 0 bridgehead atoms. The van der Waals surface area contributed by atoms with Crippen LogP contribution in [0.25, 0.3) is 0 Å². The number of rotatable bonds is 7. The van der Waals surface area contributed by atoms with Gasteiger partial charge in [0.05, 0.1) is 0 Å². The number of halogens is 2. The molecule has 0 aliphatic carbocycles. The molecule has 5 nitrogen and oxygen atoms in total. The van der Waals surface area contributed by atoms with Gasteiger partial charge in [-0.15, -0.1) is 0 Å². The predicted molar refractivity (Wildman–Crippen MR) is 72.3 cm³/mol. The lowest BCUT2D eigenvalue weighted by atomic mass is 10.3. The van der Waals surface area contributed by atoms with E-state index in [-0.39, 0.29) is 19.4 Å². The van der Waals surface area contributed by atoms with Gasteiger partial charge in [0.25, 0.3) is 0 Å². The molecule has 1 rings (SSSR count). The summed E-state index contributed by atoms with van der Waals surface area (Å²) < 4.78 is 52.4. The van der Waals surface area contributed by atoms with Crippen molar-refractivity contribution in [1.29, 1.82) is 0 Å². The zero-order valence-corrected chi connectivity index (χ0v) is 12.5. The van der Waals surface area contributed by atoms with E-state index in [1.807, 2.05) is 0 Å². The first-order valence-electron chi connectivity index (χ1n) is 6.35. The highest BCUT2D eigenvalue weighted by atomic mass is 32.2. The zero-order chi connectivity index (χ0) is 16.2. The maximum Gasteiger partial charge on any atom is 0.303 e. The second-order valence-corrected chi connectivity index (χ2v) is 6.64. The molecule has 0 amide bonds. The standard InChI is InChI=1S/C13H17F2NO4S/c1-9(2)16(7-3-4-13(17)18)21(19,20)12-6-5-10(14)8-11(12)15/h5-6,8-9H,3-4,7H2,1-2H3,(H,17,18). The van der Waals surface area contributed by atoms with Crippen LogP contribution in [0.1, 0.15) is 26.7 Å². The van der Waals surface area contributed by atoms with E-state index in [0.717, 1.165) is 16.4 Å². The van der Waals surface area contributed by atoms with Crippen molar-refractivity contribution in [3.8, 4) is 0 Å². The van der Waals surface area contributed by atoms with Crippen LogP contribution in [0.2, 0.25) is 0 Å². The molecule has 0 unspecified atom stereocenters. The van der Waals surface area contributed by atoms with Crippen molar-refractivity contribution in [2.75, 3.05) is 6.54 Å². The van der Waals surface area contributed by atoms with Crippen LogP contribution in [0.15, 0.2) is 23.1 Å². The molecule has 1 N–H and O–H groups in total. The van der Waals surface area contributed by atoms with Crippen LogP contribution in [-0.2, 0) is 14.8 Å². The smallest absolute Gasteiger partial charge is 0.303 e. The molecular formula is C13H17F2NO4S. The number of sulfonamides is 1. The van der Waals surface area contributed by atoms with Gasteiger partial charge in [0.1, 0.15) is 16.5 Å². The number of hydrogen-bond acceptors (Lipinski definition) is 3. The van der Waals surface area contributed by atoms with Gasteiger partial charge in [-0.3, -0.25) is 4.79 Å². The number of hydrogen-bond donors (Lipinski definition) is 1. The summed E-state index contributed by atoms with van der Waals surface area (Å²) in [6.07, 6.45) is -0.0831. The molecule has 0 aliphatic heterocycles. The van der Waals surface area contributed by atoms with Crippen molar-refractivity contribution >= 4 is 16.0 Å². The highest BCUT2D eigenvalue weighted by molar-refractivity contribution is 7.89. The lowest BCUT2D eigenvalue weighted by molar-refractivity contribution is -0.137. The first-order valence-corrected chi connectivity index (χ1v) is 7.79. The Morgan fingerprint density at radius 2 is 1.95 bits per heavy atom. The summed E-state index contributed by atoms with van der Waals surface area (Å²) in [6.45, 7) is 3.14. The fourth-order valence-electron chi connectivity index (χ4n) is 1.85. The van der Waals surface area contributed by atoms with Crippen LogP contribution in [0, 0.1) is 11.6 Å². The van der Waals surface area contributed by atoms with Crippen molar-refractivity contribution in [2.24, 2.45) is 0 Å². The normalized spacial score (nSPS) is 12.1. The van der Waals surface area contributed by atoms with Crippen molar-refractivity contribution in [3.05, 3.63) is 29.8 Å². The summed E-state index contributed by atoms with van der Waals surface area (Å²) >= 11 is 0. The van der Waals surface area contributed by atoms with Crippen LogP contribution in [-0.4, -0.2) is 36.4 Å². The Hall–Kier alpha value is -1.54. The van der Waals surface area contributed by atoms with Gasteiger partial charge in [-0.1, -0.05) is 0 Å². The largest absolute Gasteiger partial charge is 0.481 e. The average molecular weight is 321 g/mol. The molecule has 0 aromatic heterocycles. The van der Waals surface area contributed by atoms with E-state index in [1.54, 1.807) is 13.8 Å². The number of benzene rings is 1. The lowest BCUT2D eigenvalue weighted by Crippen LogP contribution is -2.38. The molecule has 0 heterocycles. The van der Waals surface area contributed by atoms with Gasteiger partial charge in [-0.05, 0) is 32.4 Å². The van der Waals surface area contributed by atoms with Crippen molar-refractivity contribution in [2.45, 2.75) is 37.6 Å². The molecule has 0 aliphatic rings. The van der Waals surface area contributed by atoms with Crippen LogP contribution in [0.4, 0.5) is 8.78 Å². The summed E-state index contributed by atoms with van der Waals surface area (Å²) in [7, 11) is -4.15. The monoisotopic (exact) mass is 321 g/mol. The van der Waals surface area contributed by atoms with E-state index >= 15 is 0 Å². The molecule has 1 aromatic carbocycles. The number of carboxylic acids is 1. The fourth-order valence-corrected chi connectivity index (χ4v) is 3.58. The quantitative estimate of drug-likeness (QED) is 0.835. The first-order chi connectivity index (χ1) is 9.66. The van der Waals surface area contributed by atoms with Gasteiger partial charge < -0.3 is 5.11 Å². The van der Waals surface area contributed by atoms with Gasteiger partial charge in [0, 0.05) is 25.1 Å². The van der Waals surface area contributed by atoms with E-state index in [9.17, 15) is 22.0 Å². The topological polar surface area (TPSA) is 74.7 Å². The number of aliphatic carboxylic acids is 1. The van der Waals surface area contributed by atoms with Gasteiger partial charge in [0.2, 0.25) is 10.0 Å². The maximum absolute atomic E-state index is 13.7. The Labute approximate surface area is 122 Å². The molecule has 0 radical (unpaired) electrons. The molecule has 118 valence electrons. The highest BCUT2D eigenvalue weighted by Gasteiger charge is 2.29. The first kappa shape index (κ1) is 17.5. The van der Waals surface area contributed by atoms with E-state index in [1.165, 1.54) is 0 Å². The highest BCUT2D eigenvalue weighted by Crippen LogP contribution is 2.22. The Morgan fingerprint density at radius 1 is 1.33 bits per heavy atom. The van der Waals surface area contributed by atoms with E-state index in [4.69, 9.17) is 5.11 Å². The Balaban J connectivity index is 3.07. The van der Waals surface area contributed by atoms with Crippen molar-refractivity contribution in [3.63, 3.8) is 0 Å². The van der Waals surface area contributed by atoms with Crippen LogP contribution in [0.3, 0.4) is 0 Å². The summed E-state index contributed by atoms with van der Waals surface area (Å²) in [6, 6.07) is 1.76. The SMILES string of the molecule is CC(C)N(CCCC(=O)O)S(=O)(=O)c1ccc(F)cc1F. The third kappa shape index (κ3) is 4.47. The Kier molecular flexibility index (Phi) is 5.79. The molecule has 8 heteroatoms. The molecule has 0 saturated carbocycles. The molecule has 0 saturated heterocycles. The van der Waals surface area contributed by atoms with E-state index < -0.39 is 38.6 Å². The minimum atomic E-state index is -4.15. The average Bonchev–Trinajstić information content (AvgIpc) is 2.32. The van der Waals surface area contributed by atoms with Crippen molar-refractivity contribution in [1.82, 2.24) is 4.31 Å². The number of carbonyl (C=O) groups is 1. The third-order valence-corrected chi connectivity index (χ3v) is 4.93. The maximum atomic E-state index is 13.7. The van der Waals surface area contributed by atoms with Gasteiger partial charge >= 0.3 is 5.97 Å². The third-order valence-electron chi connectivity index (χ3n) is 2.83. The van der Waals surface area contributed by atoms with Gasteiger partial charge in [0.15, 0.2) is 0 Å². The molecule has 0 fully saturated rings. The summed E-state index contributed by atoms with van der Waals surface area (Å²) in [5.41, 5.74) is 0. The second kappa shape index (κ2) is 6.95. The predicted octanol–water partition coefficient (Wildman–Crippen LogP) is 2.23. The van der Waals surface area contributed by atoms with E-state index in [0.29, 0.717) is 6.07 Å². The van der Waals surface area contributed by atoms with Crippen LogP contribution >= 0.6 is 0 Å². The summed E-state index contributed by atoms with van der Waals surface area (Å²) in [5, 5.41) is 8.59. The molecule has 1 aromatic rings. The molecule has 0 atom stereocenters. The summed E-state index contributed by atoms with van der Waals surface area (Å²) in [4.78, 5) is 9.87. The number of carboxylic acid groups (broad SMARTS) is 1. The number of nitrogens with zero attached hydrogens (tertiary/aromatic N) is 1. The minimum absolute atomic E-state index is 0.0525. The molecule has 21 heavy (non-hydrogen) atoms. The molecular weight excluding hydrogens is 304 g/mol. The molecule has 0 spiro atoms. The van der Waals surface area contributed by atoms with Crippen LogP contribution in [0.5, 0.6) is 0 Å². The lowest BCUT2D eigenvalue weighted by Gasteiger charge is -2.25. The Morgan fingerprint density at radius 3 is 2.43 bits per heavy atom. The van der Waals surface area contributed by atoms with Crippen LogP contribution < -0.4 is 0 Å². The zero-order valence-electron chi connectivity index (χ0n) is 11.7. The second-order valence-electron chi connectivity index (χ2n) is 4.78. The van der Waals surface area contributed by atoms with Crippen molar-refractivity contribution < 1.29 is 27.1 Å². The summed E-state index contributed by atoms with van der Waals surface area (Å²) in [5.74, 6) is -3.07.